The minimum Gasteiger partial charge on any atom is -0.380 e. The molecule has 2 aromatic rings. The van der Waals surface area contributed by atoms with Gasteiger partial charge in [0.1, 0.15) is 11.6 Å². The van der Waals surface area contributed by atoms with Crippen LogP contribution in [0.25, 0.3) is 0 Å². The highest BCUT2D eigenvalue weighted by Crippen LogP contribution is 2.11. The fraction of sp³-hybridized carbons (Fsp3) is 0.278. The first-order valence-corrected chi connectivity index (χ1v) is 7.57. The van der Waals surface area contributed by atoms with Crippen molar-refractivity contribution in [2.75, 3.05) is 14.2 Å². The number of aliphatic imine (C=N–C) groups is 1. The van der Waals surface area contributed by atoms with E-state index in [1.54, 1.807) is 31.3 Å². The molecule has 0 fully saturated rings. The van der Waals surface area contributed by atoms with Crippen molar-refractivity contribution in [2.45, 2.75) is 19.7 Å². The number of nitrogens with zero attached hydrogens (tertiary/aromatic N) is 1. The summed E-state index contributed by atoms with van der Waals surface area (Å²) in [5.74, 6) is 0.0702. The standard InChI is InChI=1S/C18H21F2N3O/c1-21-18(22-10-13-3-6-16(19)7-4-13)23-11-14-5-8-17(20)15(9-14)12-24-2/h3-9H,10-12H2,1-2H3,(H2,21,22,23). The van der Waals surface area contributed by atoms with Crippen molar-refractivity contribution in [2.24, 2.45) is 4.99 Å². The molecule has 0 atom stereocenters. The first kappa shape index (κ1) is 17.9. The quantitative estimate of drug-likeness (QED) is 0.631. The van der Waals surface area contributed by atoms with Gasteiger partial charge in [0, 0.05) is 32.8 Å². The molecule has 24 heavy (non-hydrogen) atoms. The molecule has 128 valence electrons. The molecule has 0 aliphatic rings. The van der Waals surface area contributed by atoms with Crippen LogP contribution in [0.1, 0.15) is 16.7 Å². The van der Waals surface area contributed by atoms with Gasteiger partial charge in [-0.05, 0) is 35.4 Å². The third-order valence-corrected chi connectivity index (χ3v) is 3.47. The molecule has 0 aromatic heterocycles. The zero-order valence-corrected chi connectivity index (χ0v) is 13.8. The van der Waals surface area contributed by atoms with Gasteiger partial charge in [-0.2, -0.15) is 0 Å². The summed E-state index contributed by atoms with van der Waals surface area (Å²) in [4.78, 5) is 4.13. The van der Waals surface area contributed by atoms with Crippen molar-refractivity contribution in [3.8, 4) is 0 Å². The van der Waals surface area contributed by atoms with Crippen molar-refractivity contribution in [3.05, 3.63) is 70.8 Å². The molecule has 0 bridgehead atoms. The van der Waals surface area contributed by atoms with E-state index < -0.39 is 0 Å². The molecule has 0 aliphatic heterocycles. The number of nitrogens with one attached hydrogen (secondary N) is 2. The van der Waals surface area contributed by atoms with Crippen molar-refractivity contribution in [3.63, 3.8) is 0 Å². The lowest BCUT2D eigenvalue weighted by molar-refractivity contribution is 0.181. The van der Waals surface area contributed by atoms with E-state index in [2.05, 4.69) is 15.6 Å². The molecule has 0 aliphatic carbocycles. The van der Waals surface area contributed by atoms with Crippen molar-refractivity contribution in [1.29, 1.82) is 0 Å². The molecule has 6 heteroatoms. The van der Waals surface area contributed by atoms with Crippen LogP contribution in [0.2, 0.25) is 0 Å². The van der Waals surface area contributed by atoms with Crippen LogP contribution in [0.3, 0.4) is 0 Å². The Kier molecular flexibility index (Phi) is 6.69. The van der Waals surface area contributed by atoms with E-state index in [9.17, 15) is 8.78 Å². The third kappa shape index (κ3) is 5.31. The molecular weight excluding hydrogens is 312 g/mol. The van der Waals surface area contributed by atoms with Gasteiger partial charge in [-0.15, -0.1) is 0 Å². The van der Waals surface area contributed by atoms with E-state index in [4.69, 9.17) is 4.74 Å². The zero-order chi connectivity index (χ0) is 17.4. The minimum absolute atomic E-state index is 0.233. The van der Waals surface area contributed by atoms with E-state index >= 15 is 0 Å². The van der Waals surface area contributed by atoms with Crippen molar-refractivity contribution in [1.82, 2.24) is 10.6 Å². The predicted octanol–water partition coefficient (Wildman–Crippen LogP) is 2.98. The molecular formula is C18H21F2N3O. The topological polar surface area (TPSA) is 45.7 Å². The van der Waals surface area contributed by atoms with Gasteiger partial charge in [-0.1, -0.05) is 18.2 Å². The van der Waals surface area contributed by atoms with Crippen LogP contribution in [0.4, 0.5) is 8.78 Å². The molecule has 0 unspecified atom stereocenters. The molecule has 0 heterocycles. The molecule has 0 saturated carbocycles. The maximum absolute atomic E-state index is 13.6. The van der Waals surface area contributed by atoms with Crippen LogP contribution in [0.15, 0.2) is 47.5 Å². The Morgan fingerprint density at radius 2 is 1.62 bits per heavy atom. The summed E-state index contributed by atoms with van der Waals surface area (Å²) in [6, 6.07) is 11.2. The van der Waals surface area contributed by atoms with Crippen molar-refractivity contribution >= 4 is 5.96 Å². The van der Waals surface area contributed by atoms with Gasteiger partial charge in [0.05, 0.1) is 6.61 Å². The average molecular weight is 333 g/mol. The number of ether oxygens (including phenoxy) is 1. The van der Waals surface area contributed by atoms with Crippen LogP contribution in [-0.4, -0.2) is 20.1 Å². The molecule has 2 N–H and O–H groups in total. The second-order valence-electron chi connectivity index (χ2n) is 5.26. The number of methoxy groups -OCH3 is 1. The van der Waals surface area contributed by atoms with E-state index in [0.717, 1.165) is 11.1 Å². The van der Waals surface area contributed by atoms with Gasteiger partial charge in [0.2, 0.25) is 0 Å². The van der Waals surface area contributed by atoms with Gasteiger partial charge >= 0.3 is 0 Å². The number of hydrogen-bond acceptors (Lipinski definition) is 2. The summed E-state index contributed by atoms with van der Waals surface area (Å²) >= 11 is 0. The summed E-state index contributed by atoms with van der Waals surface area (Å²) < 4.78 is 31.5. The Morgan fingerprint density at radius 1 is 1.00 bits per heavy atom. The van der Waals surface area contributed by atoms with E-state index in [1.165, 1.54) is 25.3 Å². The molecule has 2 aromatic carbocycles. The third-order valence-electron chi connectivity index (χ3n) is 3.47. The number of benzene rings is 2. The summed E-state index contributed by atoms with van der Waals surface area (Å²) in [7, 11) is 3.20. The summed E-state index contributed by atoms with van der Waals surface area (Å²) in [5.41, 5.74) is 2.39. The highest BCUT2D eigenvalue weighted by Gasteiger charge is 2.05. The largest absolute Gasteiger partial charge is 0.380 e. The number of hydrogen-bond donors (Lipinski definition) is 2. The van der Waals surface area contributed by atoms with Crippen molar-refractivity contribution < 1.29 is 13.5 Å². The Balaban J connectivity index is 1.89. The molecule has 0 saturated heterocycles. The van der Waals surface area contributed by atoms with Gasteiger partial charge in [0.25, 0.3) is 0 Å². The zero-order valence-electron chi connectivity index (χ0n) is 13.8. The van der Waals surface area contributed by atoms with E-state index in [0.29, 0.717) is 24.6 Å². The number of halogens is 2. The Hall–Kier alpha value is -2.47. The highest BCUT2D eigenvalue weighted by atomic mass is 19.1. The maximum atomic E-state index is 13.6. The van der Waals surface area contributed by atoms with Crippen LogP contribution >= 0.6 is 0 Å². The van der Waals surface area contributed by atoms with Gasteiger partial charge in [-0.25, -0.2) is 8.78 Å². The molecule has 2 rings (SSSR count). The first-order valence-electron chi connectivity index (χ1n) is 7.57. The Labute approximate surface area is 140 Å². The second-order valence-corrected chi connectivity index (χ2v) is 5.26. The molecule has 0 amide bonds. The lowest BCUT2D eigenvalue weighted by Crippen LogP contribution is -2.36. The Bertz CT molecular complexity index is 687. The smallest absolute Gasteiger partial charge is 0.191 e. The lowest BCUT2D eigenvalue weighted by atomic mass is 10.1. The number of rotatable bonds is 6. The van der Waals surface area contributed by atoms with Crippen LogP contribution < -0.4 is 10.6 Å². The lowest BCUT2D eigenvalue weighted by Gasteiger charge is -2.13. The monoisotopic (exact) mass is 333 g/mol. The molecule has 4 nitrogen and oxygen atoms in total. The fourth-order valence-electron chi connectivity index (χ4n) is 2.20. The fourth-order valence-corrected chi connectivity index (χ4v) is 2.20. The predicted molar refractivity (Wildman–Crippen MR) is 90.6 cm³/mol. The summed E-state index contributed by atoms with van der Waals surface area (Å²) in [6.45, 7) is 1.26. The average Bonchev–Trinajstić information content (AvgIpc) is 2.59. The van der Waals surface area contributed by atoms with Crippen LogP contribution in [0, 0.1) is 11.6 Å². The van der Waals surface area contributed by atoms with Crippen LogP contribution in [-0.2, 0) is 24.4 Å². The van der Waals surface area contributed by atoms with Gasteiger partial charge < -0.3 is 15.4 Å². The van der Waals surface area contributed by atoms with Gasteiger partial charge in [0.15, 0.2) is 5.96 Å². The SMILES string of the molecule is CN=C(NCc1ccc(F)cc1)NCc1ccc(F)c(COC)c1. The summed E-state index contributed by atoms with van der Waals surface area (Å²) in [6.07, 6.45) is 0. The molecule has 0 radical (unpaired) electrons. The Morgan fingerprint density at radius 3 is 2.25 bits per heavy atom. The van der Waals surface area contributed by atoms with E-state index in [1.807, 2.05) is 0 Å². The van der Waals surface area contributed by atoms with Gasteiger partial charge in [-0.3, -0.25) is 4.99 Å². The molecule has 0 spiro atoms. The minimum atomic E-state index is -0.278. The highest BCUT2D eigenvalue weighted by molar-refractivity contribution is 5.79. The normalized spacial score (nSPS) is 11.4. The second kappa shape index (κ2) is 8.98. The number of guanidine groups is 1. The van der Waals surface area contributed by atoms with Crippen LogP contribution in [0.5, 0.6) is 0 Å². The van der Waals surface area contributed by atoms with E-state index in [-0.39, 0.29) is 18.2 Å². The summed E-state index contributed by atoms with van der Waals surface area (Å²) in [5, 5.41) is 6.30. The first-order chi connectivity index (χ1) is 11.6. The maximum Gasteiger partial charge on any atom is 0.191 e.